The van der Waals surface area contributed by atoms with E-state index in [1.807, 2.05) is 6.08 Å². The van der Waals surface area contributed by atoms with E-state index in [1.54, 1.807) is 0 Å². The summed E-state index contributed by atoms with van der Waals surface area (Å²) < 4.78 is 0. The Kier molecular flexibility index (Phi) is 3.64. The van der Waals surface area contributed by atoms with Crippen LogP contribution in [0.5, 0.6) is 0 Å². The van der Waals surface area contributed by atoms with Crippen LogP contribution in [0.4, 0.5) is 0 Å². The number of aliphatic hydroxyl groups is 1. The van der Waals surface area contributed by atoms with Crippen molar-refractivity contribution in [2.75, 3.05) is 0 Å². The third-order valence-corrected chi connectivity index (χ3v) is 2.16. The summed E-state index contributed by atoms with van der Waals surface area (Å²) in [6, 6.07) is 0. The monoisotopic (exact) mass is 154 g/mol. The van der Waals surface area contributed by atoms with Gasteiger partial charge in [0.2, 0.25) is 0 Å². The molecule has 0 aliphatic heterocycles. The molecule has 11 heavy (non-hydrogen) atoms. The minimum absolute atomic E-state index is 0.146. The second-order valence-electron chi connectivity index (χ2n) is 3.40. The third-order valence-electron chi connectivity index (χ3n) is 2.16. The SMILES string of the molecule is CCCC/C=C/C(O)C1CC1. The van der Waals surface area contributed by atoms with E-state index in [0.717, 1.165) is 6.42 Å². The first-order valence-corrected chi connectivity index (χ1v) is 4.69. The van der Waals surface area contributed by atoms with Gasteiger partial charge in [-0.2, -0.15) is 0 Å². The molecule has 1 nitrogen and oxygen atoms in total. The van der Waals surface area contributed by atoms with Gasteiger partial charge in [0.05, 0.1) is 6.10 Å². The Morgan fingerprint density at radius 1 is 1.55 bits per heavy atom. The molecule has 1 heteroatoms. The fourth-order valence-electron chi connectivity index (χ4n) is 1.15. The van der Waals surface area contributed by atoms with Gasteiger partial charge in [-0.05, 0) is 25.2 Å². The van der Waals surface area contributed by atoms with E-state index in [0.29, 0.717) is 5.92 Å². The summed E-state index contributed by atoms with van der Waals surface area (Å²) in [4.78, 5) is 0. The molecule has 1 saturated carbocycles. The molecule has 0 radical (unpaired) electrons. The molecular formula is C10H18O. The van der Waals surface area contributed by atoms with E-state index < -0.39 is 0 Å². The fourth-order valence-corrected chi connectivity index (χ4v) is 1.15. The van der Waals surface area contributed by atoms with Crippen molar-refractivity contribution < 1.29 is 5.11 Å². The first kappa shape index (κ1) is 8.79. The van der Waals surface area contributed by atoms with Gasteiger partial charge in [-0.25, -0.2) is 0 Å². The van der Waals surface area contributed by atoms with Gasteiger partial charge in [0, 0.05) is 0 Å². The van der Waals surface area contributed by atoms with Gasteiger partial charge in [0.25, 0.3) is 0 Å². The lowest BCUT2D eigenvalue weighted by molar-refractivity contribution is 0.199. The topological polar surface area (TPSA) is 20.2 Å². The molecule has 0 saturated heterocycles. The van der Waals surface area contributed by atoms with Crippen LogP contribution < -0.4 is 0 Å². The van der Waals surface area contributed by atoms with E-state index in [-0.39, 0.29) is 6.10 Å². The van der Waals surface area contributed by atoms with Crippen molar-refractivity contribution in [3.05, 3.63) is 12.2 Å². The normalized spacial score (nSPS) is 20.9. The van der Waals surface area contributed by atoms with Crippen molar-refractivity contribution in [1.82, 2.24) is 0 Å². The van der Waals surface area contributed by atoms with Gasteiger partial charge in [0.1, 0.15) is 0 Å². The summed E-state index contributed by atoms with van der Waals surface area (Å²) in [5.41, 5.74) is 0. The summed E-state index contributed by atoms with van der Waals surface area (Å²) in [7, 11) is 0. The van der Waals surface area contributed by atoms with Crippen molar-refractivity contribution in [3.63, 3.8) is 0 Å². The van der Waals surface area contributed by atoms with Crippen LogP contribution in [0.25, 0.3) is 0 Å². The Morgan fingerprint density at radius 2 is 2.27 bits per heavy atom. The smallest absolute Gasteiger partial charge is 0.0749 e. The standard InChI is InChI=1S/C10H18O/c1-2-3-4-5-6-10(11)9-7-8-9/h5-6,9-11H,2-4,7-8H2,1H3/b6-5+. The number of rotatable bonds is 5. The van der Waals surface area contributed by atoms with Crippen LogP contribution in [-0.2, 0) is 0 Å². The lowest BCUT2D eigenvalue weighted by Crippen LogP contribution is -2.03. The molecule has 1 rings (SSSR count). The molecule has 0 aromatic rings. The minimum Gasteiger partial charge on any atom is -0.389 e. The van der Waals surface area contributed by atoms with Crippen molar-refractivity contribution in [2.24, 2.45) is 5.92 Å². The van der Waals surface area contributed by atoms with Gasteiger partial charge in [-0.1, -0.05) is 31.9 Å². The lowest BCUT2D eigenvalue weighted by Gasteiger charge is -2.00. The van der Waals surface area contributed by atoms with Crippen LogP contribution in [0.15, 0.2) is 12.2 Å². The molecule has 0 heterocycles. The molecule has 0 bridgehead atoms. The largest absolute Gasteiger partial charge is 0.389 e. The molecule has 1 aliphatic rings. The van der Waals surface area contributed by atoms with Crippen LogP contribution >= 0.6 is 0 Å². The van der Waals surface area contributed by atoms with Gasteiger partial charge in [0.15, 0.2) is 0 Å². The van der Waals surface area contributed by atoms with E-state index >= 15 is 0 Å². The predicted octanol–water partition coefficient (Wildman–Crippen LogP) is 2.50. The quantitative estimate of drug-likeness (QED) is 0.476. The van der Waals surface area contributed by atoms with E-state index in [4.69, 9.17) is 0 Å². The van der Waals surface area contributed by atoms with Crippen molar-refractivity contribution in [3.8, 4) is 0 Å². The maximum atomic E-state index is 9.40. The minimum atomic E-state index is -0.146. The first-order valence-electron chi connectivity index (χ1n) is 4.69. The zero-order valence-electron chi connectivity index (χ0n) is 7.29. The van der Waals surface area contributed by atoms with Gasteiger partial charge < -0.3 is 5.11 Å². The van der Waals surface area contributed by atoms with Crippen LogP contribution in [0.3, 0.4) is 0 Å². The molecule has 1 atom stereocenters. The maximum Gasteiger partial charge on any atom is 0.0749 e. The molecule has 1 unspecified atom stereocenters. The third kappa shape index (κ3) is 3.57. The second-order valence-corrected chi connectivity index (χ2v) is 3.40. The summed E-state index contributed by atoms with van der Waals surface area (Å²) in [6.07, 6.45) is 9.99. The van der Waals surface area contributed by atoms with Crippen molar-refractivity contribution in [1.29, 1.82) is 0 Å². The zero-order valence-corrected chi connectivity index (χ0v) is 7.29. The molecule has 0 spiro atoms. The number of allylic oxidation sites excluding steroid dienone is 1. The summed E-state index contributed by atoms with van der Waals surface area (Å²) in [5, 5.41) is 9.40. The van der Waals surface area contributed by atoms with Crippen LogP contribution in [-0.4, -0.2) is 11.2 Å². The van der Waals surface area contributed by atoms with E-state index in [9.17, 15) is 5.11 Å². The van der Waals surface area contributed by atoms with E-state index in [2.05, 4.69) is 13.0 Å². The first-order chi connectivity index (χ1) is 5.34. The van der Waals surface area contributed by atoms with Crippen LogP contribution in [0.1, 0.15) is 39.0 Å². The second kappa shape index (κ2) is 4.55. The Bertz CT molecular complexity index is 125. The van der Waals surface area contributed by atoms with Gasteiger partial charge in [-0.3, -0.25) is 0 Å². The molecule has 0 amide bonds. The molecule has 0 aromatic heterocycles. The van der Waals surface area contributed by atoms with Crippen molar-refractivity contribution >= 4 is 0 Å². The summed E-state index contributed by atoms with van der Waals surface area (Å²) >= 11 is 0. The molecule has 0 aromatic carbocycles. The molecule has 64 valence electrons. The number of hydrogen-bond acceptors (Lipinski definition) is 1. The highest BCUT2D eigenvalue weighted by atomic mass is 16.3. The van der Waals surface area contributed by atoms with Gasteiger partial charge in [-0.15, -0.1) is 0 Å². The van der Waals surface area contributed by atoms with E-state index in [1.165, 1.54) is 25.7 Å². The molecule has 1 N–H and O–H groups in total. The van der Waals surface area contributed by atoms with Crippen molar-refractivity contribution in [2.45, 2.75) is 45.1 Å². The Hall–Kier alpha value is -0.300. The Balaban J connectivity index is 2.02. The number of unbranched alkanes of at least 4 members (excludes halogenated alkanes) is 2. The maximum absolute atomic E-state index is 9.40. The Morgan fingerprint density at radius 3 is 2.82 bits per heavy atom. The van der Waals surface area contributed by atoms with Gasteiger partial charge >= 0.3 is 0 Å². The molecule has 1 fully saturated rings. The highest BCUT2D eigenvalue weighted by Gasteiger charge is 2.27. The summed E-state index contributed by atoms with van der Waals surface area (Å²) in [6.45, 7) is 2.19. The molecular weight excluding hydrogens is 136 g/mol. The average Bonchev–Trinajstić information content (AvgIpc) is 2.79. The van der Waals surface area contributed by atoms with Crippen LogP contribution in [0, 0.1) is 5.92 Å². The number of hydrogen-bond donors (Lipinski definition) is 1. The number of aliphatic hydroxyl groups excluding tert-OH is 1. The Labute approximate surface area is 69.1 Å². The average molecular weight is 154 g/mol. The van der Waals surface area contributed by atoms with Crippen LogP contribution in [0.2, 0.25) is 0 Å². The predicted molar refractivity (Wildman–Crippen MR) is 47.4 cm³/mol. The highest BCUT2D eigenvalue weighted by Crippen LogP contribution is 2.33. The lowest BCUT2D eigenvalue weighted by atomic mass is 10.2. The zero-order chi connectivity index (χ0) is 8.10. The fraction of sp³-hybridized carbons (Fsp3) is 0.800. The highest BCUT2D eigenvalue weighted by molar-refractivity contribution is 4.96. The summed E-state index contributed by atoms with van der Waals surface area (Å²) in [5.74, 6) is 0.591. The molecule has 1 aliphatic carbocycles.